The van der Waals surface area contributed by atoms with Crippen LogP contribution in [0.1, 0.15) is 11.3 Å². The van der Waals surface area contributed by atoms with Gasteiger partial charge in [-0.2, -0.15) is 4.98 Å². The van der Waals surface area contributed by atoms with Crippen LogP contribution in [0.5, 0.6) is 5.75 Å². The molecule has 2 atom stereocenters. The second-order valence-electron chi connectivity index (χ2n) is 6.86. The molecular formula is C18H20N4O3. The number of carboxylic acids is 1. The Morgan fingerprint density at radius 3 is 2.96 bits per heavy atom. The van der Waals surface area contributed by atoms with Crippen LogP contribution < -0.4 is 15.4 Å². The molecule has 1 aromatic carbocycles. The summed E-state index contributed by atoms with van der Waals surface area (Å²) in [6.07, 6.45) is 0.444. The first kappa shape index (κ1) is 15.7. The predicted molar refractivity (Wildman–Crippen MR) is 92.6 cm³/mol. The van der Waals surface area contributed by atoms with Crippen molar-refractivity contribution in [2.45, 2.75) is 13.3 Å². The number of anilines is 2. The van der Waals surface area contributed by atoms with Gasteiger partial charge in [-0.05, 0) is 25.0 Å². The van der Waals surface area contributed by atoms with Gasteiger partial charge in [0.25, 0.3) is 0 Å². The van der Waals surface area contributed by atoms with E-state index in [4.69, 9.17) is 10.5 Å². The summed E-state index contributed by atoms with van der Waals surface area (Å²) in [6, 6.07) is 9.51. The van der Waals surface area contributed by atoms with Crippen molar-refractivity contribution in [2.75, 3.05) is 30.3 Å². The number of nitrogens with zero attached hydrogens (tertiary/aromatic N) is 3. The number of carbonyl (C=O) groups is 1. The van der Waals surface area contributed by atoms with Gasteiger partial charge in [0.15, 0.2) is 0 Å². The van der Waals surface area contributed by atoms with Crippen molar-refractivity contribution in [3.63, 3.8) is 0 Å². The molecular weight excluding hydrogens is 320 g/mol. The summed E-state index contributed by atoms with van der Waals surface area (Å²) in [5.74, 6) is 0.735. The highest BCUT2D eigenvalue weighted by molar-refractivity contribution is 5.78. The smallest absolute Gasteiger partial charge is 0.312 e. The van der Waals surface area contributed by atoms with E-state index in [1.54, 1.807) is 0 Å². The molecule has 2 aromatic rings. The zero-order valence-corrected chi connectivity index (χ0v) is 14.0. The van der Waals surface area contributed by atoms with Crippen LogP contribution in [0.4, 0.5) is 11.8 Å². The highest BCUT2D eigenvalue weighted by Crippen LogP contribution is 2.45. The lowest BCUT2D eigenvalue weighted by Gasteiger charge is -2.27. The summed E-state index contributed by atoms with van der Waals surface area (Å²) in [6.45, 7) is 3.16. The van der Waals surface area contributed by atoms with Gasteiger partial charge < -0.3 is 20.5 Å². The molecule has 130 valence electrons. The molecule has 2 aliphatic rings. The quantitative estimate of drug-likeness (QED) is 0.854. The Morgan fingerprint density at radius 2 is 2.20 bits per heavy atom. The van der Waals surface area contributed by atoms with Gasteiger partial charge in [0.2, 0.25) is 5.95 Å². The third-order valence-electron chi connectivity index (χ3n) is 5.22. The van der Waals surface area contributed by atoms with Crippen molar-refractivity contribution in [1.29, 1.82) is 0 Å². The van der Waals surface area contributed by atoms with E-state index in [1.165, 1.54) is 0 Å². The molecule has 1 aromatic heterocycles. The maximum Gasteiger partial charge on any atom is 0.312 e. The molecule has 3 heterocycles. The van der Waals surface area contributed by atoms with Gasteiger partial charge in [-0.25, -0.2) is 4.98 Å². The first-order valence-electron chi connectivity index (χ1n) is 8.28. The van der Waals surface area contributed by atoms with E-state index in [2.05, 4.69) is 9.97 Å². The van der Waals surface area contributed by atoms with E-state index in [1.807, 2.05) is 42.2 Å². The Hall–Kier alpha value is -2.83. The van der Waals surface area contributed by atoms with Crippen LogP contribution in [0.15, 0.2) is 30.3 Å². The van der Waals surface area contributed by atoms with E-state index in [0.717, 1.165) is 17.0 Å². The number of ether oxygens (including phenoxy) is 1. The number of aromatic nitrogens is 2. The molecule has 2 aliphatic heterocycles. The van der Waals surface area contributed by atoms with Crippen LogP contribution in [-0.4, -0.2) is 40.7 Å². The maximum absolute atomic E-state index is 12.3. The van der Waals surface area contributed by atoms with Gasteiger partial charge in [-0.15, -0.1) is 0 Å². The number of aryl methyl sites for hydroxylation is 1. The SMILES string of the molecule is Cc1cc(N2C[C@@H]3COc4ccccc4C[C@]3(C(=O)O)C2)nc(N)n1. The standard InChI is InChI=1S/C18H20N4O3/c1-11-6-15(21-17(19)20-11)22-8-13-9-25-14-5-3-2-4-12(14)7-18(13,10-22)16(23)24/h2-6,13H,7-10H2,1H3,(H,23,24)(H2,19,20,21)/t13-,18+/m1/s1. The van der Waals surface area contributed by atoms with E-state index in [-0.39, 0.29) is 11.9 Å². The number of aliphatic carboxylic acids is 1. The summed E-state index contributed by atoms with van der Waals surface area (Å²) in [5, 5.41) is 10.1. The molecule has 1 fully saturated rings. The van der Waals surface area contributed by atoms with Crippen LogP contribution in [0.2, 0.25) is 0 Å². The van der Waals surface area contributed by atoms with Crippen LogP contribution in [-0.2, 0) is 11.2 Å². The molecule has 0 spiro atoms. The Morgan fingerprint density at radius 1 is 1.40 bits per heavy atom. The zero-order chi connectivity index (χ0) is 17.6. The third-order valence-corrected chi connectivity index (χ3v) is 5.22. The van der Waals surface area contributed by atoms with Crippen molar-refractivity contribution >= 4 is 17.7 Å². The summed E-state index contributed by atoms with van der Waals surface area (Å²) in [4.78, 5) is 22.7. The van der Waals surface area contributed by atoms with Gasteiger partial charge in [-0.3, -0.25) is 4.79 Å². The van der Waals surface area contributed by atoms with E-state index in [9.17, 15) is 9.90 Å². The van der Waals surface area contributed by atoms with Gasteiger partial charge in [0.05, 0.1) is 12.0 Å². The van der Waals surface area contributed by atoms with Crippen LogP contribution in [0.3, 0.4) is 0 Å². The van der Waals surface area contributed by atoms with Crippen LogP contribution in [0, 0.1) is 18.3 Å². The lowest BCUT2D eigenvalue weighted by Crippen LogP contribution is -2.42. The number of hydrogen-bond acceptors (Lipinski definition) is 6. The molecule has 0 saturated carbocycles. The molecule has 0 amide bonds. The minimum atomic E-state index is -0.903. The van der Waals surface area contributed by atoms with Crippen molar-refractivity contribution in [3.8, 4) is 5.75 Å². The van der Waals surface area contributed by atoms with Gasteiger partial charge in [0.1, 0.15) is 11.6 Å². The molecule has 0 unspecified atom stereocenters. The number of nitrogen functional groups attached to an aromatic ring is 1. The molecule has 7 nitrogen and oxygen atoms in total. The number of benzene rings is 1. The summed E-state index contributed by atoms with van der Waals surface area (Å²) in [7, 11) is 0. The molecule has 0 radical (unpaired) electrons. The fourth-order valence-corrected chi connectivity index (χ4v) is 3.94. The minimum Gasteiger partial charge on any atom is -0.493 e. The highest BCUT2D eigenvalue weighted by atomic mass is 16.5. The molecule has 0 aliphatic carbocycles. The number of hydrogen-bond donors (Lipinski definition) is 2. The lowest BCUT2D eigenvalue weighted by atomic mass is 9.74. The monoisotopic (exact) mass is 340 g/mol. The summed E-state index contributed by atoms with van der Waals surface area (Å²) >= 11 is 0. The number of carboxylic acid groups (broad SMARTS) is 1. The van der Waals surface area contributed by atoms with Crippen molar-refractivity contribution < 1.29 is 14.6 Å². The second-order valence-corrected chi connectivity index (χ2v) is 6.86. The Balaban J connectivity index is 1.72. The second kappa shape index (κ2) is 5.61. The minimum absolute atomic E-state index is 0.131. The molecule has 3 N–H and O–H groups in total. The Kier molecular flexibility index (Phi) is 3.52. The third kappa shape index (κ3) is 2.56. The summed E-state index contributed by atoms with van der Waals surface area (Å²) in [5.41, 5.74) is 6.56. The van der Waals surface area contributed by atoms with Crippen molar-refractivity contribution in [3.05, 3.63) is 41.6 Å². The highest BCUT2D eigenvalue weighted by Gasteiger charge is 2.54. The number of rotatable bonds is 2. The average Bonchev–Trinajstić information content (AvgIpc) is 2.85. The molecule has 7 heteroatoms. The molecule has 1 saturated heterocycles. The van der Waals surface area contributed by atoms with Crippen molar-refractivity contribution in [1.82, 2.24) is 9.97 Å². The zero-order valence-electron chi connectivity index (χ0n) is 14.0. The van der Waals surface area contributed by atoms with E-state index >= 15 is 0 Å². The van der Waals surface area contributed by atoms with Gasteiger partial charge in [0, 0.05) is 30.8 Å². The molecule has 4 rings (SSSR count). The number of para-hydroxylation sites is 1. The van der Waals surface area contributed by atoms with Gasteiger partial charge >= 0.3 is 5.97 Å². The molecule has 0 bridgehead atoms. The van der Waals surface area contributed by atoms with Crippen LogP contribution >= 0.6 is 0 Å². The fraction of sp³-hybridized carbons (Fsp3) is 0.389. The topological polar surface area (TPSA) is 102 Å². The average molecular weight is 340 g/mol. The van der Waals surface area contributed by atoms with Gasteiger partial charge in [-0.1, -0.05) is 18.2 Å². The Labute approximate surface area is 145 Å². The molecule has 25 heavy (non-hydrogen) atoms. The largest absolute Gasteiger partial charge is 0.493 e. The first-order valence-corrected chi connectivity index (χ1v) is 8.28. The first-order chi connectivity index (χ1) is 12.0. The fourth-order valence-electron chi connectivity index (χ4n) is 3.94. The normalized spacial score (nSPS) is 24.8. The van der Waals surface area contributed by atoms with E-state index < -0.39 is 11.4 Å². The summed E-state index contributed by atoms with van der Waals surface area (Å²) < 4.78 is 5.92. The Bertz CT molecular complexity index is 821. The number of fused-ring (bicyclic) bond motifs is 2. The van der Waals surface area contributed by atoms with Crippen LogP contribution in [0.25, 0.3) is 0 Å². The van der Waals surface area contributed by atoms with E-state index in [0.29, 0.717) is 31.9 Å². The number of nitrogens with two attached hydrogens (primary N) is 1. The predicted octanol–water partition coefficient (Wildman–Crippen LogP) is 1.51. The lowest BCUT2D eigenvalue weighted by molar-refractivity contribution is -0.150. The maximum atomic E-state index is 12.3. The van der Waals surface area contributed by atoms with Crippen molar-refractivity contribution in [2.24, 2.45) is 11.3 Å².